The maximum absolute atomic E-state index is 12.7. The summed E-state index contributed by atoms with van der Waals surface area (Å²) in [4.78, 5) is 36.4. The molecule has 130 valence electrons. The van der Waals surface area contributed by atoms with Crippen molar-refractivity contribution in [3.8, 4) is 11.1 Å². The number of pyridine rings is 2. The van der Waals surface area contributed by atoms with Gasteiger partial charge in [0, 0.05) is 42.8 Å². The number of carbonyl (C=O) groups is 1. The van der Waals surface area contributed by atoms with Crippen LogP contribution in [0.25, 0.3) is 11.1 Å². The van der Waals surface area contributed by atoms with Gasteiger partial charge in [-0.25, -0.2) is 0 Å². The average molecular weight is 348 g/mol. The molecule has 3 aromatic rings. The largest absolute Gasteiger partial charge is 0.372 e. The minimum atomic E-state index is -0.365. The van der Waals surface area contributed by atoms with Crippen LogP contribution in [0.5, 0.6) is 0 Å². The van der Waals surface area contributed by atoms with E-state index >= 15 is 0 Å². The fourth-order valence-electron chi connectivity index (χ4n) is 2.76. The van der Waals surface area contributed by atoms with Crippen LogP contribution < -0.4 is 21.1 Å². The van der Waals surface area contributed by atoms with Gasteiger partial charge in [0.25, 0.3) is 11.5 Å². The van der Waals surface area contributed by atoms with Crippen LogP contribution in [-0.2, 0) is 0 Å². The molecule has 0 spiro atoms. The molecule has 0 unspecified atom stereocenters. The zero-order chi connectivity index (χ0) is 17.9. The fourth-order valence-corrected chi connectivity index (χ4v) is 2.76. The van der Waals surface area contributed by atoms with E-state index in [1.54, 1.807) is 43.1 Å². The molecule has 4 rings (SSSR count). The normalized spacial score (nSPS) is 12.8. The number of aromatic amines is 2. The second kappa shape index (κ2) is 6.60. The number of anilines is 2. The zero-order valence-electron chi connectivity index (χ0n) is 13.7. The molecule has 0 saturated heterocycles. The molecule has 4 heterocycles. The third-order valence-electron chi connectivity index (χ3n) is 4.06. The van der Waals surface area contributed by atoms with Crippen LogP contribution in [0.4, 0.5) is 11.5 Å². The van der Waals surface area contributed by atoms with Crippen LogP contribution in [0.3, 0.4) is 0 Å². The van der Waals surface area contributed by atoms with Gasteiger partial charge in [-0.15, -0.1) is 0 Å². The van der Waals surface area contributed by atoms with Crippen molar-refractivity contribution in [1.29, 1.82) is 0 Å². The molecule has 1 aliphatic heterocycles. The Hall–Kier alpha value is -3.81. The van der Waals surface area contributed by atoms with Gasteiger partial charge < -0.3 is 25.5 Å². The van der Waals surface area contributed by atoms with E-state index in [0.717, 1.165) is 11.1 Å². The van der Waals surface area contributed by atoms with E-state index < -0.39 is 0 Å². The van der Waals surface area contributed by atoms with Gasteiger partial charge in [0.05, 0.1) is 12.2 Å². The summed E-state index contributed by atoms with van der Waals surface area (Å²) in [6, 6.07) is 6.99. The van der Waals surface area contributed by atoms with E-state index in [-0.39, 0.29) is 17.2 Å². The molecule has 0 aliphatic carbocycles. The molecule has 8 nitrogen and oxygen atoms in total. The number of amides is 1. The van der Waals surface area contributed by atoms with Gasteiger partial charge >= 0.3 is 0 Å². The first-order valence-corrected chi connectivity index (χ1v) is 8.01. The highest BCUT2D eigenvalue weighted by Gasteiger charge is 2.19. The molecule has 0 saturated carbocycles. The van der Waals surface area contributed by atoms with Crippen molar-refractivity contribution >= 4 is 17.4 Å². The minimum absolute atomic E-state index is 0.187. The van der Waals surface area contributed by atoms with Crippen LogP contribution in [0.1, 0.15) is 10.4 Å². The Morgan fingerprint density at radius 1 is 1.15 bits per heavy atom. The summed E-state index contributed by atoms with van der Waals surface area (Å²) in [7, 11) is 0. The summed E-state index contributed by atoms with van der Waals surface area (Å²) in [5, 5.41) is 5.74. The molecule has 8 heteroatoms. The molecule has 1 aliphatic rings. The molecule has 0 aromatic carbocycles. The van der Waals surface area contributed by atoms with Gasteiger partial charge in [-0.1, -0.05) is 0 Å². The Balaban J connectivity index is 1.62. The molecule has 0 bridgehead atoms. The van der Waals surface area contributed by atoms with Gasteiger partial charge in [0.15, 0.2) is 0 Å². The molecule has 0 fully saturated rings. The first-order chi connectivity index (χ1) is 12.7. The first-order valence-electron chi connectivity index (χ1n) is 8.01. The van der Waals surface area contributed by atoms with E-state index in [0.29, 0.717) is 18.1 Å². The van der Waals surface area contributed by atoms with Crippen molar-refractivity contribution in [2.24, 2.45) is 0 Å². The quantitative estimate of drug-likeness (QED) is 0.576. The summed E-state index contributed by atoms with van der Waals surface area (Å²) in [6.07, 6.45) is 10.3. The zero-order valence-corrected chi connectivity index (χ0v) is 13.7. The van der Waals surface area contributed by atoms with E-state index in [1.165, 1.54) is 0 Å². The number of H-pyrrole nitrogens is 2. The summed E-state index contributed by atoms with van der Waals surface area (Å²) >= 11 is 0. The molecule has 26 heavy (non-hydrogen) atoms. The Bertz CT molecular complexity index is 1020. The molecular formula is C18H16N6O2. The van der Waals surface area contributed by atoms with Gasteiger partial charge in [0.1, 0.15) is 11.5 Å². The van der Waals surface area contributed by atoms with Crippen molar-refractivity contribution in [2.75, 3.05) is 16.9 Å². The monoisotopic (exact) mass is 348 g/mol. The van der Waals surface area contributed by atoms with Crippen LogP contribution in [-0.4, -0.2) is 27.5 Å². The number of hydrogen-bond donors (Lipinski definition) is 4. The standard InChI is InChI=1S/C18H16N6O2/c25-17(14-3-6-21-16(14)24-8-7-20-11-24)23-15-9-13(10-22-18(15)26)12-1-4-19-5-2-12/h1-10,20-21H,11H2,(H,22,26)(H,23,25). The van der Waals surface area contributed by atoms with Gasteiger partial charge in [-0.05, 0) is 29.8 Å². The lowest BCUT2D eigenvalue weighted by atomic mass is 10.1. The Morgan fingerprint density at radius 3 is 2.77 bits per heavy atom. The molecule has 0 radical (unpaired) electrons. The van der Waals surface area contributed by atoms with E-state index in [4.69, 9.17) is 0 Å². The van der Waals surface area contributed by atoms with Crippen molar-refractivity contribution in [2.45, 2.75) is 0 Å². The Morgan fingerprint density at radius 2 is 2.00 bits per heavy atom. The lowest BCUT2D eigenvalue weighted by Gasteiger charge is -2.15. The summed E-state index contributed by atoms with van der Waals surface area (Å²) in [5.41, 5.74) is 1.94. The number of rotatable bonds is 4. The van der Waals surface area contributed by atoms with Crippen molar-refractivity contribution in [3.05, 3.63) is 77.4 Å². The summed E-state index contributed by atoms with van der Waals surface area (Å²) < 4.78 is 0. The first kappa shape index (κ1) is 15.7. The highest BCUT2D eigenvalue weighted by atomic mass is 16.2. The topological polar surface area (TPSA) is 106 Å². The number of aromatic nitrogens is 3. The number of nitrogens with zero attached hydrogens (tertiary/aromatic N) is 2. The lowest BCUT2D eigenvalue weighted by molar-refractivity contribution is 0.102. The molecule has 0 atom stereocenters. The SMILES string of the molecule is O=C(Nc1cc(-c2ccncc2)c[nH]c1=O)c1cc[nH]c1N1C=CNC1. The molecule has 3 aromatic heterocycles. The third kappa shape index (κ3) is 2.95. The minimum Gasteiger partial charge on any atom is -0.372 e. The Kier molecular flexibility index (Phi) is 3.98. The van der Waals surface area contributed by atoms with E-state index in [9.17, 15) is 9.59 Å². The van der Waals surface area contributed by atoms with Crippen LogP contribution in [0.15, 0.2) is 66.2 Å². The van der Waals surface area contributed by atoms with E-state index in [1.807, 2.05) is 23.2 Å². The maximum atomic E-state index is 12.7. The van der Waals surface area contributed by atoms with Crippen molar-refractivity contribution in [1.82, 2.24) is 20.3 Å². The summed E-state index contributed by atoms with van der Waals surface area (Å²) in [5.74, 6) is 0.296. The highest BCUT2D eigenvalue weighted by Crippen LogP contribution is 2.22. The van der Waals surface area contributed by atoms with Gasteiger partial charge in [0.2, 0.25) is 0 Å². The fraction of sp³-hybridized carbons (Fsp3) is 0.0556. The Labute approximate surface area is 148 Å². The predicted molar refractivity (Wildman–Crippen MR) is 98.7 cm³/mol. The smallest absolute Gasteiger partial charge is 0.271 e. The highest BCUT2D eigenvalue weighted by molar-refractivity contribution is 6.08. The molecule has 1 amide bonds. The number of carbonyl (C=O) groups excluding carboxylic acids is 1. The van der Waals surface area contributed by atoms with Crippen LogP contribution >= 0.6 is 0 Å². The van der Waals surface area contributed by atoms with Crippen LogP contribution in [0.2, 0.25) is 0 Å². The average Bonchev–Trinajstić information content (AvgIpc) is 3.35. The second-order valence-electron chi connectivity index (χ2n) is 5.71. The van der Waals surface area contributed by atoms with Gasteiger partial charge in [-0.3, -0.25) is 14.6 Å². The third-order valence-corrected chi connectivity index (χ3v) is 4.06. The number of hydrogen-bond acceptors (Lipinski definition) is 5. The maximum Gasteiger partial charge on any atom is 0.271 e. The van der Waals surface area contributed by atoms with Gasteiger partial charge in [-0.2, -0.15) is 0 Å². The molecular weight excluding hydrogens is 332 g/mol. The van der Waals surface area contributed by atoms with Crippen molar-refractivity contribution in [3.63, 3.8) is 0 Å². The van der Waals surface area contributed by atoms with E-state index in [2.05, 4.69) is 25.6 Å². The van der Waals surface area contributed by atoms with Crippen molar-refractivity contribution < 1.29 is 4.79 Å². The molecule has 4 N–H and O–H groups in total. The lowest BCUT2D eigenvalue weighted by Crippen LogP contribution is -2.24. The summed E-state index contributed by atoms with van der Waals surface area (Å²) in [6.45, 7) is 0.568. The predicted octanol–water partition coefficient (Wildman–Crippen LogP) is 1.86. The number of nitrogens with one attached hydrogen (secondary N) is 4. The second-order valence-corrected chi connectivity index (χ2v) is 5.71. The van der Waals surface area contributed by atoms with Crippen LogP contribution in [0, 0.1) is 0 Å².